The molecule has 0 aromatic carbocycles. The molecule has 0 aliphatic rings. The van der Waals surface area contributed by atoms with E-state index in [1.54, 1.807) is 0 Å². The largest absolute Gasteiger partial charge is 0.394 e. The molecule has 0 aromatic rings. The molecule has 0 fully saturated rings. The Morgan fingerprint density at radius 2 is 1.62 bits per heavy atom. The van der Waals surface area contributed by atoms with Crippen LogP contribution in [0.2, 0.25) is 0 Å². The lowest BCUT2D eigenvalue weighted by atomic mass is 9.77. The lowest BCUT2D eigenvalue weighted by Crippen LogP contribution is -2.48. The molecule has 0 radical (unpaired) electrons. The molecule has 5 nitrogen and oxygen atoms in total. The summed E-state index contributed by atoms with van der Waals surface area (Å²) in [6.07, 6.45) is 0.496. The summed E-state index contributed by atoms with van der Waals surface area (Å²) in [5, 5.41) is 9.38. The van der Waals surface area contributed by atoms with Gasteiger partial charge in [0.1, 0.15) is 0 Å². The Hall–Kier alpha value is -0.200. The number of ether oxygens (including phenoxy) is 2. The first kappa shape index (κ1) is 20.8. The molecule has 0 rings (SSSR count). The minimum Gasteiger partial charge on any atom is -0.394 e. The monoisotopic (exact) mass is 304 g/mol. The zero-order valence-electron chi connectivity index (χ0n) is 14.8. The van der Waals surface area contributed by atoms with Gasteiger partial charge in [-0.05, 0) is 46.5 Å². The van der Waals surface area contributed by atoms with E-state index < -0.39 is 5.60 Å². The van der Waals surface area contributed by atoms with Gasteiger partial charge in [-0.15, -0.1) is 0 Å². The van der Waals surface area contributed by atoms with Gasteiger partial charge in [0.25, 0.3) is 0 Å². The molecule has 0 bridgehead atoms. The molecule has 0 aliphatic carbocycles. The highest BCUT2D eigenvalue weighted by molar-refractivity contribution is 4.88. The van der Waals surface area contributed by atoms with Crippen LogP contribution in [0.15, 0.2) is 0 Å². The Morgan fingerprint density at radius 3 is 1.95 bits per heavy atom. The lowest BCUT2D eigenvalue weighted by Gasteiger charge is -2.42. The second kappa shape index (κ2) is 8.44. The van der Waals surface area contributed by atoms with Gasteiger partial charge in [-0.2, -0.15) is 0 Å². The summed E-state index contributed by atoms with van der Waals surface area (Å²) in [6, 6.07) is -0.213. The maximum absolute atomic E-state index is 9.38. The topological polar surface area (TPSA) is 90.7 Å². The highest BCUT2D eigenvalue weighted by atomic mass is 16.5. The minimum absolute atomic E-state index is 0.0387. The van der Waals surface area contributed by atoms with Gasteiger partial charge in [0.2, 0.25) is 0 Å². The number of aliphatic hydroxyl groups is 1. The first-order valence-corrected chi connectivity index (χ1v) is 7.85. The molecule has 3 atom stereocenters. The van der Waals surface area contributed by atoms with Crippen LogP contribution in [-0.2, 0) is 9.47 Å². The van der Waals surface area contributed by atoms with E-state index in [2.05, 4.69) is 13.8 Å². The van der Waals surface area contributed by atoms with Crippen molar-refractivity contribution in [1.82, 2.24) is 0 Å². The maximum Gasteiger partial charge on any atom is 0.0960 e. The van der Waals surface area contributed by atoms with Crippen LogP contribution in [0.25, 0.3) is 0 Å². The number of hydrogen-bond donors (Lipinski definition) is 3. The van der Waals surface area contributed by atoms with Crippen LogP contribution in [0, 0.1) is 5.41 Å². The smallest absolute Gasteiger partial charge is 0.0960 e. The van der Waals surface area contributed by atoms with E-state index in [1.807, 2.05) is 34.6 Å². The second-order valence-electron chi connectivity index (χ2n) is 7.53. The van der Waals surface area contributed by atoms with Crippen molar-refractivity contribution < 1.29 is 14.6 Å². The summed E-state index contributed by atoms with van der Waals surface area (Å²) in [5.74, 6) is 0. The third-order valence-electron chi connectivity index (χ3n) is 3.64. The van der Waals surface area contributed by atoms with Gasteiger partial charge < -0.3 is 26.0 Å². The fraction of sp³-hybridized carbons (Fsp3) is 1.00. The predicted octanol–water partition coefficient (Wildman–Crippen LogP) is 1.66. The quantitative estimate of drug-likeness (QED) is 0.571. The molecule has 5 N–H and O–H groups in total. The third kappa shape index (κ3) is 7.56. The average Bonchev–Trinajstić information content (AvgIpc) is 2.30. The van der Waals surface area contributed by atoms with Gasteiger partial charge in [0.15, 0.2) is 0 Å². The van der Waals surface area contributed by atoms with Gasteiger partial charge in [-0.1, -0.05) is 13.8 Å². The maximum atomic E-state index is 9.38. The molecule has 0 saturated carbocycles. The number of aliphatic hydroxyl groups excluding tert-OH is 1. The van der Waals surface area contributed by atoms with Gasteiger partial charge >= 0.3 is 0 Å². The first-order valence-electron chi connectivity index (χ1n) is 7.85. The normalized spacial score (nSPS) is 17.9. The van der Waals surface area contributed by atoms with E-state index in [0.717, 1.165) is 6.42 Å². The van der Waals surface area contributed by atoms with Crippen molar-refractivity contribution >= 4 is 0 Å². The average molecular weight is 304 g/mol. The minimum atomic E-state index is -0.418. The molecule has 0 spiro atoms. The predicted molar refractivity (Wildman–Crippen MR) is 87.1 cm³/mol. The van der Waals surface area contributed by atoms with Crippen molar-refractivity contribution in [1.29, 1.82) is 0 Å². The molecule has 5 heteroatoms. The van der Waals surface area contributed by atoms with Crippen molar-refractivity contribution in [2.45, 2.75) is 84.8 Å². The Bertz CT molecular complexity index is 291. The highest BCUT2D eigenvalue weighted by Gasteiger charge is 2.38. The standard InChI is InChI=1S/C16H36N2O3/c1-11(2)20-14(8-17)15(4,5)10-16(6,7)21-13(9-19)12(3)18/h11-14,19H,8-10,17-18H2,1-7H3. The summed E-state index contributed by atoms with van der Waals surface area (Å²) in [5.41, 5.74) is 11.2. The zero-order chi connectivity index (χ0) is 16.8. The Morgan fingerprint density at radius 1 is 1.10 bits per heavy atom. The summed E-state index contributed by atoms with van der Waals surface area (Å²) >= 11 is 0. The molecule has 0 heterocycles. The lowest BCUT2D eigenvalue weighted by molar-refractivity contribution is -0.136. The molecular formula is C16H36N2O3. The molecule has 0 aromatic heterocycles. The fourth-order valence-corrected chi connectivity index (χ4v) is 2.86. The van der Waals surface area contributed by atoms with E-state index in [-0.39, 0.29) is 36.4 Å². The number of nitrogens with two attached hydrogens (primary N) is 2. The number of rotatable bonds is 10. The van der Waals surface area contributed by atoms with Gasteiger partial charge in [-0.25, -0.2) is 0 Å². The van der Waals surface area contributed by atoms with E-state index in [1.165, 1.54) is 0 Å². The Kier molecular flexibility index (Phi) is 8.36. The van der Waals surface area contributed by atoms with Crippen molar-refractivity contribution in [3.05, 3.63) is 0 Å². The molecule has 0 aliphatic heterocycles. The van der Waals surface area contributed by atoms with Gasteiger partial charge in [0, 0.05) is 12.6 Å². The molecular weight excluding hydrogens is 268 g/mol. The summed E-state index contributed by atoms with van der Waals surface area (Å²) in [7, 11) is 0. The van der Waals surface area contributed by atoms with E-state index in [4.69, 9.17) is 20.9 Å². The van der Waals surface area contributed by atoms with Crippen LogP contribution in [0.3, 0.4) is 0 Å². The summed E-state index contributed by atoms with van der Waals surface area (Å²) < 4.78 is 11.9. The molecule has 21 heavy (non-hydrogen) atoms. The van der Waals surface area contributed by atoms with E-state index in [0.29, 0.717) is 6.54 Å². The Labute approximate surface area is 130 Å². The van der Waals surface area contributed by atoms with Crippen LogP contribution < -0.4 is 11.5 Å². The van der Waals surface area contributed by atoms with Crippen molar-refractivity contribution in [3.63, 3.8) is 0 Å². The summed E-state index contributed by atoms with van der Waals surface area (Å²) in [4.78, 5) is 0. The summed E-state index contributed by atoms with van der Waals surface area (Å²) in [6.45, 7) is 14.6. The van der Waals surface area contributed by atoms with E-state index in [9.17, 15) is 5.11 Å². The highest BCUT2D eigenvalue weighted by Crippen LogP contribution is 2.35. The third-order valence-corrected chi connectivity index (χ3v) is 3.64. The molecule has 128 valence electrons. The van der Waals surface area contributed by atoms with Crippen LogP contribution in [0.4, 0.5) is 0 Å². The first-order chi connectivity index (χ1) is 9.45. The second-order valence-corrected chi connectivity index (χ2v) is 7.53. The van der Waals surface area contributed by atoms with Gasteiger partial charge in [0.05, 0.1) is 30.5 Å². The van der Waals surface area contributed by atoms with Gasteiger partial charge in [-0.3, -0.25) is 0 Å². The zero-order valence-corrected chi connectivity index (χ0v) is 14.8. The van der Waals surface area contributed by atoms with E-state index >= 15 is 0 Å². The van der Waals surface area contributed by atoms with Crippen LogP contribution >= 0.6 is 0 Å². The SMILES string of the molecule is CC(C)OC(CN)C(C)(C)CC(C)(C)OC(CO)C(C)N. The molecule has 0 amide bonds. The molecule has 0 saturated heterocycles. The molecule has 3 unspecified atom stereocenters. The van der Waals surface area contributed by atoms with Crippen molar-refractivity contribution in [3.8, 4) is 0 Å². The van der Waals surface area contributed by atoms with Crippen molar-refractivity contribution in [2.75, 3.05) is 13.2 Å². The van der Waals surface area contributed by atoms with Crippen molar-refractivity contribution in [2.24, 2.45) is 16.9 Å². The fourth-order valence-electron chi connectivity index (χ4n) is 2.86. The van der Waals surface area contributed by atoms with Crippen LogP contribution in [-0.4, -0.2) is 48.2 Å². The van der Waals surface area contributed by atoms with Crippen LogP contribution in [0.1, 0.15) is 54.9 Å². The number of hydrogen-bond acceptors (Lipinski definition) is 5. The Balaban J connectivity index is 4.86. The van der Waals surface area contributed by atoms with Crippen LogP contribution in [0.5, 0.6) is 0 Å².